The molecule has 1 aromatic heterocycles. The molecule has 2 heterocycles. The molecule has 0 radical (unpaired) electrons. The number of epoxide rings is 1. The van der Waals surface area contributed by atoms with Crippen molar-refractivity contribution in [2.75, 3.05) is 13.2 Å². The quantitative estimate of drug-likeness (QED) is 0.705. The third-order valence-corrected chi connectivity index (χ3v) is 2.81. The number of rotatable bonds is 4. The number of hydrogen-bond donors (Lipinski definition) is 0. The van der Waals surface area contributed by atoms with Gasteiger partial charge in [-0.05, 0) is 31.4 Å². The fraction of sp³-hybridized carbons (Fsp3) is 0.583. The second kappa shape index (κ2) is 3.49. The van der Waals surface area contributed by atoms with Gasteiger partial charge >= 0.3 is 0 Å². The summed E-state index contributed by atoms with van der Waals surface area (Å²) in [5.41, 5.74) is 2.30. The Hall–Kier alpha value is -1.09. The van der Waals surface area contributed by atoms with Gasteiger partial charge in [0, 0.05) is 12.1 Å². The molecule has 15 heavy (non-hydrogen) atoms. The van der Waals surface area contributed by atoms with Crippen molar-refractivity contribution in [3.63, 3.8) is 0 Å². The van der Waals surface area contributed by atoms with Crippen LogP contribution in [0.1, 0.15) is 30.0 Å². The molecule has 1 atom stereocenters. The highest BCUT2D eigenvalue weighted by Crippen LogP contribution is 2.43. The molecule has 3 rings (SSSR count). The number of nitrogens with zero attached hydrogens (tertiary/aromatic N) is 1. The lowest BCUT2D eigenvalue weighted by Crippen LogP contribution is -2.06. The molecule has 3 nitrogen and oxygen atoms in total. The SMILES string of the molecule is Cc1cnc(C2CC2)c(OC[C@@H]2CO2)c1. The number of ether oxygens (including phenoxy) is 2. The number of aryl methyl sites for hydroxylation is 1. The maximum absolute atomic E-state index is 5.76. The second-order valence-electron chi connectivity index (χ2n) is 4.44. The van der Waals surface area contributed by atoms with Crippen molar-refractivity contribution < 1.29 is 9.47 Å². The van der Waals surface area contributed by atoms with E-state index < -0.39 is 0 Å². The lowest BCUT2D eigenvalue weighted by Gasteiger charge is -2.09. The van der Waals surface area contributed by atoms with E-state index in [0.717, 1.165) is 23.6 Å². The molecule has 0 spiro atoms. The molecule has 80 valence electrons. The normalized spacial score (nSPS) is 23.9. The summed E-state index contributed by atoms with van der Waals surface area (Å²) in [6.07, 6.45) is 4.75. The van der Waals surface area contributed by atoms with Crippen LogP contribution in [-0.4, -0.2) is 24.3 Å². The number of pyridine rings is 1. The van der Waals surface area contributed by atoms with E-state index >= 15 is 0 Å². The van der Waals surface area contributed by atoms with E-state index in [-0.39, 0.29) is 0 Å². The van der Waals surface area contributed by atoms with Crippen LogP contribution < -0.4 is 4.74 Å². The molecular formula is C12H15NO2. The molecule has 2 aliphatic rings. The Balaban J connectivity index is 1.78. The van der Waals surface area contributed by atoms with Gasteiger partial charge in [0.15, 0.2) is 0 Å². The minimum Gasteiger partial charge on any atom is -0.489 e. The highest BCUT2D eigenvalue weighted by atomic mass is 16.6. The Bertz CT molecular complexity index is 370. The van der Waals surface area contributed by atoms with E-state index in [1.165, 1.54) is 12.8 Å². The Kier molecular flexibility index (Phi) is 2.13. The van der Waals surface area contributed by atoms with Crippen LogP contribution in [0.4, 0.5) is 0 Å². The lowest BCUT2D eigenvalue weighted by atomic mass is 10.2. The molecule has 0 unspecified atom stereocenters. The zero-order chi connectivity index (χ0) is 10.3. The third-order valence-electron chi connectivity index (χ3n) is 2.81. The van der Waals surface area contributed by atoms with E-state index in [1.54, 1.807) is 0 Å². The van der Waals surface area contributed by atoms with Crippen LogP contribution in [0.25, 0.3) is 0 Å². The summed E-state index contributed by atoms with van der Waals surface area (Å²) in [6.45, 7) is 3.56. The summed E-state index contributed by atoms with van der Waals surface area (Å²) in [5.74, 6) is 1.61. The van der Waals surface area contributed by atoms with E-state index in [2.05, 4.69) is 11.1 Å². The third kappa shape index (κ3) is 2.12. The maximum Gasteiger partial charge on any atom is 0.141 e. The first-order chi connectivity index (χ1) is 7.33. The van der Waals surface area contributed by atoms with Crippen molar-refractivity contribution in [2.45, 2.75) is 31.8 Å². The molecule has 1 aromatic rings. The van der Waals surface area contributed by atoms with Gasteiger partial charge in [-0.25, -0.2) is 0 Å². The molecular weight excluding hydrogens is 190 g/mol. The standard InChI is InChI=1S/C12H15NO2/c1-8-4-11(15-7-10-6-14-10)12(13-5-8)9-2-3-9/h4-5,9-10H,2-3,6-7H2,1H3/t10-/m0/s1. The molecule has 0 amide bonds. The molecule has 1 aliphatic heterocycles. The van der Waals surface area contributed by atoms with Crippen LogP contribution in [0.3, 0.4) is 0 Å². The lowest BCUT2D eigenvalue weighted by molar-refractivity contribution is 0.260. The Morgan fingerprint density at radius 3 is 3.00 bits per heavy atom. The number of aromatic nitrogens is 1. The molecule has 0 N–H and O–H groups in total. The molecule has 3 heteroatoms. The first-order valence-corrected chi connectivity index (χ1v) is 5.54. The van der Waals surface area contributed by atoms with Crippen molar-refractivity contribution in [3.8, 4) is 5.75 Å². The summed E-state index contributed by atoms with van der Waals surface area (Å²) in [7, 11) is 0. The Labute approximate surface area is 89.4 Å². The molecule has 1 saturated heterocycles. The van der Waals surface area contributed by atoms with Gasteiger partial charge in [-0.2, -0.15) is 0 Å². The largest absolute Gasteiger partial charge is 0.489 e. The van der Waals surface area contributed by atoms with Gasteiger partial charge in [0.2, 0.25) is 0 Å². The smallest absolute Gasteiger partial charge is 0.141 e. The Morgan fingerprint density at radius 1 is 1.53 bits per heavy atom. The van der Waals surface area contributed by atoms with Crippen molar-refractivity contribution in [2.24, 2.45) is 0 Å². The summed E-state index contributed by atoms with van der Waals surface area (Å²) < 4.78 is 10.9. The Morgan fingerprint density at radius 2 is 2.33 bits per heavy atom. The van der Waals surface area contributed by atoms with E-state index in [4.69, 9.17) is 9.47 Å². The van der Waals surface area contributed by atoms with Crippen molar-refractivity contribution in [3.05, 3.63) is 23.5 Å². The minimum atomic E-state index is 0.317. The summed E-state index contributed by atoms with van der Waals surface area (Å²) in [6, 6.07) is 2.09. The van der Waals surface area contributed by atoms with Gasteiger partial charge in [0.05, 0.1) is 12.3 Å². The average Bonchev–Trinajstić information content (AvgIpc) is 3.08. The fourth-order valence-electron chi connectivity index (χ4n) is 1.68. The van der Waals surface area contributed by atoms with Crippen LogP contribution in [0.15, 0.2) is 12.3 Å². The van der Waals surface area contributed by atoms with E-state index in [9.17, 15) is 0 Å². The molecule has 2 fully saturated rings. The maximum atomic E-state index is 5.76. The predicted octanol–water partition coefficient (Wildman–Crippen LogP) is 2.05. The first kappa shape index (κ1) is 9.16. The topological polar surface area (TPSA) is 34.6 Å². The van der Waals surface area contributed by atoms with Crippen LogP contribution in [-0.2, 0) is 4.74 Å². The first-order valence-electron chi connectivity index (χ1n) is 5.54. The highest BCUT2D eigenvalue weighted by Gasteiger charge is 2.29. The molecule has 1 aliphatic carbocycles. The van der Waals surface area contributed by atoms with Crippen LogP contribution in [0.5, 0.6) is 5.75 Å². The van der Waals surface area contributed by atoms with Gasteiger partial charge in [0.25, 0.3) is 0 Å². The second-order valence-corrected chi connectivity index (χ2v) is 4.44. The highest BCUT2D eigenvalue weighted by molar-refractivity contribution is 5.35. The molecule has 0 bridgehead atoms. The van der Waals surface area contributed by atoms with Crippen molar-refractivity contribution >= 4 is 0 Å². The van der Waals surface area contributed by atoms with Crippen molar-refractivity contribution in [1.82, 2.24) is 4.98 Å². The van der Waals surface area contributed by atoms with E-state index in [1.807, 2.05) is 13.1 Å². The summed E-state index contributed by atoms with van der Waals surface area (Å²) in [5, 5.41) is 0. The van der Waals surface area contributed by atoms with Gasteiger partial charge in [-0.15, -0.1) is 0 Å². The summed E-state index contributed by atoms with van der Waals surface area (Å²) >= 11 is 0. The van der Waals surface area contributed by atoms with Gasteiger partial charge in [0.1, 0.15) is 18.5 Å². The van der Waals surface area contributed by atoms with E-state index in [0.29, 0.717) is 18.6 Å². The number of hydrogen-bond acceptors (Lipinski definition) is 3. The molecule has 0 aromatic carbocycles. The van der Waals surface area contributed by atoms with Crippen LogP contribution >= 0.6 is 0 Å². The minimum absolute atomic E-state index is 0.317. The van der Waals surface area contributed by atoms with Gasteiger partial charge in [-0.3, -0.25) is 4.98 Å². The average molecular weight is 205 g/mol. The zero-order valence-corrected chi connectivity index (χ0v) is 8.90. The van der Waals surface area contributed by atoms with Gasteiger partial charge in [-0.1, -0.05) is 0 Å². The fourth-order valence-corrected chi connectivity index (χ4v) is 1.68. The monoisotopic (exact) mass is 205 g/mol. The van der Waals surface area contributed by atoms with Gasteiger partial charge < -0.3 is 9.47 Å². The van der Waals surface area contributed by atoms with Crippen LogP contribution in [0.2, 0.25) is 0 Å². The van der Waals surface area contributed by atoms with Crippen molar-refractivity contribution in [1.29, 1.82) is 0 Å². The summed E-state index contributed by atoms with van der Waals surface area (Å²) in [4.78, 5) is 4.47. The van der Waals surface area contributed by atoms with Crippen LogP contribution in [0, 0.1) is 6.92 Å². The predicted molar refractivity (Wildman–Crippen MR) is 56.2 cm³/mol. The zero-order valence-electron chi connectivity index (χ0n) is 8.90. The molecule has 1 saturated carbocycles.